The van der Waals surface area contributed by atoms with Gasteiger partial charge >= 0.3 is 0 Å². The van der Waals surface area contributed by atoms with E-state index in [1.807, 2.05) is 42.5 Å². The molecule has 6 nitrogen and oxygen atoms in total. The first-order chi connectivity index (χ1) is 12.3. The summed E-state index contributed by atoms with van der Waals surface area (Å²) in [6, 6.07) is 15.7. The molecule has 2 heterocycles. The summed E-state index contributed by atoms with van der Waals surface area (Å²) >= 11 is 1.70. The van der Waals surface area contributed by atoms with Gasteiger partial charge in [-0.3, -0.25) is 4.40 Å². The minimum absolute atomic E-state index is 0.664. The van der Waals surface area contributed by atoms with Crippen LogP contribution >= 0.6 is 11.8 Å². The van der Waals surface area contributed by atoms with Crippen molar-refractivity contribution < 1.29 is 9.47 Å². The van der Waals surface area contributed by atoms with Gasteiger partial charge in [0.15, 0.2) is 5.16 Å². The van der Waals surface area contributed by atoms with E-state index in [0.717, 1.165) is 45.6 Å². The number of rotatable bonds is 7. The number of fused-ring (bicyclic) bond motifs is 3. The number of imidazole rings is 1. The maximum atomic E-state index is 5.75. The molecule has 0 fully saturated rings. The summed E-state index contributed by atoms with van der Waals surface area (Å²) in [5.74, 6) is 3.38. The summed E-state index contributed by atoms with van der Waals surface area (Å²) in [4.78, 5) is 4.53. The Morgan fingerprint density at radius 3 is 2.72 bits per heavy atom. The predicted molar refractivity (Wildman–Crippen MR) is 98.7 cm³/mol. The number of nitrogens with zero attached hydrogens (tertiary/aromatic N) is 3. The first-order valence-electron chi connectivity index (χ1n) is 8.06. The Kier molecular flexibility index (Phi) is 4.47. The highest BCUT2D eigenvalue weighted by Gasteiger charge is 2.11. The molecule has 0 aliphatic heterocycles. The summed E-state index contributed by atoms with van der Waals surface area (Å²) in [6.07, 6.45) is 0.928. The number of methoxy groups -OCH3 is 1. The zero-order chi connectivity index (χ0) is 17.1. The number of hydrogen-bond acceptors (Lipinski definition) is 5. The molecule has 7 heteroatoms. The van der Waals surface area contributed by atoms with Crippen LogP contribution < -0.4 is 9.47 Å². The number of hydrogen-bond donors (Lipinski definition) is 1. The molecule has 1 N–H and O–H groups in total. The average molecular weight is 354 g/mol. The Labute approximate surface area is 149 Å². The molecule has 0 aliphatic rings. The van der Waals surface area contributed by atoms with Crippen LogP contribution in [0.4, 0.5) is 0 Å². The van der Waals surface area contributed by atoms with Gasteiger partial charge in [-0.05, 0) is 42.8 Å². The number of para-hydroxylation sites is 2. The average Bonchev–Trinajstić information content (AvgIpc) is 3.21. The lowest BCUT2D eigenvalue weighted by atomic mass is 10.3. The second kappa shape index (κ2) is 7.06. The van der Waals surface area contributed by atoms with Crippen molar-refractivity contribution in [3.8, 4) is 11.5 Å². The van der Waals surface area contributed by atoms with Crippen LogP contribution in [0.5, 0.6) is 11.5 Å². The van der Waals surface area contributed by atoms with Crippen LogP contribution in [-0.2, 0) is 0 Å². The van der Waals surface area contributed by atoms with Crippen LogP contribution in [0.1, 0.15) is 6.42 Å². The molecule has 128 valence electrons. The van der Waals surface area contributed by atoms with E-state index < -0.39 is 0 Å². The Balaban J connectivity index is 1.33. The van der Waals surface area contributed by atoms with Crippen LogP contribution in [0.25, 0.3) is 16.8 Å². The molecule has 0 unspecified atom stereocenters. The SMILES string of the molecule is COc1ccc(OCCCSc2n[nH]c3nc4ccccc4n23)cc1. The summed E-state index contributed by atoms with van der Waals surface area (Å²) in [6.45, 7) is 0.664. The molecule has 0 saturated carbocycles. The Morgan fingerprint density at radius 2 is 1.88 bits per heavy atom. The van der Waals surface area contributed by atoms with Gasteiger partial charge in [-0.2, -0.15) is 0 Å². The number of H-pyrrole nitrogens is 1. The molecule has 4 rings (SSSR count). The quantitative estimate of drug-likeness (QED) is 0.404. The van der Waals surface area contributed by atoms with Gasteiger partial charge in [0.1, 0.15) is 11.5 Å². The number of aromatic amines is 1. The van der Waals surface area contributed by atoms with Crippen molar-refractivity contribution in [2.75, 3.05) is 19.5 Å². The molecule has 0 bridgehead atoms. The van der Waals surface area contributed by atoms with Crippen LogP contribution in [0.15, 0.2) is 53.7 Å². The van der Waals surface area contributed by atoms with Crippen molar-refractivity contribution in [3.63, 3.8) is 0 Å². The summed E-state index contributed by atoms with van der Waals surface area (Å²) in [7, 11) is 1.66. The topological polar surface area (TPSA) is 64.4 Å². The third kappa shape index (κ3) is 3.28. The number of aromatic nitrogens is 4. The van der Waals surface area contributed by atoms with Crippen LogP contribution in [0.2, 0.25) is 0 Å². The van der Waals surface area contributed by atoms with Gasteiger partial charge < -0.3 is 9.47 Å². The normalized spacial score (nSPS) is 11.2. The highest BCUT2D eigenvalue weighted by atomic mass is 32.2. The monoisotopic (exact) mass is 354 g/mol. The smallest absolute Gasteiger partial charge is 0.231 e. The van der Waals surface area contributed by atoms with Gasteiger partial charge in [0, 0.05) is 5.75 Å². The zero-order valence-corrected chi connectivity index (χ0v) is 14.6. The van der Waals surface area contributed by atoms with Crippen molar-refractivity contribution in [1.29, 1.82) is 0 Å². The second-order valence-electron chi connectivity index (χ2n) is 5.49. The molecular formula is C18H18N4O2S. The zero-order valence-electron chi connectivity index (χ0n) is 13.8. The molecule has 0 atom stereocenters. The summed E-state index contributed by atoms with van der Waals surface area (Å²) < 4.78 is 12.9. The van der Waals surface area contributed by atoms with Crippen LogP contribution in [0.3, 0.4) is 0 Å². The fraction of sp³-hybridized carbons (Fsp3) is 0.222. The first kappa shape index (κ1) is 15.8. The molecule has 0 aliphatic carbocycles. The number of nitrogens with one attached hydrogen (secondary N) is 1. The van der Waals surface area contributed by atoms with Crippen molar-refractivity contribution in [3.05, 3.63) is 48.5 Å². The standard InChI is InChI=1S/C18H18N4O2S/c1-23-13-7-9-14(10-8-13)24-11-4-12-25-18-21-20-17-19-15-5-2-3-6-16(15)22(17)18/h2-3,5-10H,4,11-12H2,1H3,(H,19,20). The van der Waals surface area contributed by atoms with E-state index in [2.05, 4.69) is 25.6 Å². The van der Waals surface area contributed by atoms with Gasteiger partial charge in [0.2, 0.25) is 5.78 Å². The molecule has 0 radical (unpaired) electrons. The van der Waals surface area contributed by atoms with Crippen LogP contribution in [0, 0.1) is 0 Å². The predicted octanol–water partition coefficient (Wildman–Crippen LogP) is 3.78. The van der Waals surface area contributed by atoms with Crippen molar-refractivity contribution in [2.24, 2.45) is 0 Å². The third-order valence-corrected chi connectivity index (χ3v) is 4.88. The van der Waals surface area contributed by atoms with Gasteiger partial charge in [-0.25, -0.2) is 10.1 Å². The minimum atomic E-state index is 0.664. The molecular weight excluding hydrogens is 336 g/mol. The number of ether oxygens (including phenoxy) is 2. The summed E-state index contributed by atoms with van der Waals surface area (Å²) in [5.41, 5.74) is 2.05. The van der Waals surface area contributed by atoms with Crippen LogP contribution in [-0.4, -0.2) is 39.1 Å². The molecule has 2 aromatic carbocycles. The van der Waals surface area contributed by atoms with Gasteiger partial charge in [0.05, 0.1) is 24.8 Å². The van der Waals surface area contributed by atoms with Gasteiger partial charge in [-0.15, -0.1) is 5.10 Å². The molecule has 0 spiro atoms. The van der Waals surface area contributed by atoms with Gasteiger partial charge in [0.25, 0.3) is 0 Å². The highest BCUT2D eigenvalue weighted by molar-refractivity contribution is 7.99. The van der Waals surface area contributed by atoms with E-state index >= 15 is 0 Å². The van der Waals surface area contributed by atoms with Crippen molar-refractivity contribution >= 4 is 28.6 Å². The Hall–Kier alpha value is -2.67. The molecule has 4 aromatic rings. The molecule has 0 saturated heterocycles. The van der Waals surface area contributed by atoms with Crippen molar-refractivity contribution in [1.82, 2.24) is 19.6 Å². The lowest BCUT2D eigenvalue weighted by Crippen LogP contribution is -1.99. The Bertz CT molecular complexity index is 978. The molecule has 25 heavy (non-hydrogen) atoms. The third-order valence-electron chi connectivity index (χ3n) is 3.85. The lowest BCUT2D eigenvalue weighted by molar-refractivity contribution is 0.318. The highest BCUT2D eigenvalue weighted by Crippen LogP contribution is 2.23. The van der Waals surface area contributed by atoms with E-state index in [9.17, 15) is 0 Å². The fourth-order valence-corrected chi connectivity index (χ4v) is 3.49. The number of benzene rings is 2. The van der Waals surface area contributed by atoms with E-state index in [1.54, 1.807) is 18.9 Å². The fourth-order valence-electron chi connectivity index (χ4n) is 2.62. The number of thioether (sulfide) groups is 1. The maximum absolute atomic E-state index is 5.75. The maximum Gasteiger partial charge on any atom is 0.231 e. The van der Waals surface area contributed by atoms with Gasteiger partial charge in [-0.1, -0.05) is 23.9 Å². The van der Waals surface area contributed by atoms with E-state index in [-0.39, 0.29) is 0 Å². The van der Waals surface area contributed by atoms with Crippen molar-refractivity contribution in [2.45, 2.75) is 11.6 Å². The first-order valence-corrected chi connectivity index (χ1v) is 9.05. The molecule has 2 aromatic heterocycles. The van der Waals surface area contributed by atoms with E-state index in [0.29, 0.717) is 6.61 Å². The summed E-state index contributed by atoms with van der Waals surface area (Å²) in [5, 5.41) is 8.28. The van der Waals surface area contributed by atoms with E-state index in [4.69, 9.17) is 9.47 Å². The second-order valence-corrected chi connectivity index (χ2v) is 6.55. The molecule has 0 amide bonds. The minimum Gasteiger partial charge on any atom is -0.497 e. The largest absolute Gasteiger partial charge is 0.497 e. The lowest BCUT2D eigenvalue weighted by Gasteiger charge is -2.06. The van der Waals surface area contributed by atoms with E-state index in [1.165, 1.54) is 0 Å². The Morgan fingerprint density at radius 1 is 1.08 bits per heavy atom.